The van der Waals surface area contributed by atoms with Gasteiger partial charge >= 0.3 is 4.87 Å². The minimum atomic E-state index is 0.00744. The third-order valence-electron chi connectivity index (χ3n) is 4.13. The van der Waals surface area contributed by atoms with E-state index in [0.29, 0.717) is 6.61 Å². The van der Waals surface area contributed by atoms with Crippen molar-refractivity contribution >= 4 is 11.3 Å². The first-order chi connectivity index (χ1) is 12.1. The maximum absolute atomic E-state index is 11.4. The second kappa shape index (κ2) is 8.12. The summed E-state index contributed by atoms with van der Waals surface area (Å²) in [5, 5.41) is 0. The van der Waals surface area contributed by atoms with Crippen molar-refractivity contribution in [1.82, 2.24) is 9.97 Å². The predicted molar refractivity (Wildman–Crippen MR) is 102 cm³/mol. The van der Waals surface area contributed by atoms with E-state index in [0.717, 1.165) is 41.3 Å². The van der Waals surface area contributed by atoms with E-state index < -0.39 is 0 Å². The number of hydrogen-bond donors (Lipinski definition) is 1. The average molecular weight is 354 g/mol. The average Bonchev–Trinajstić information content (AvgIpc) is 2.94. The van der Waals surface area contributed by atoms with Crippen molar-refractivity contribution in [1.29, 1.82) is 0 Å². The molecular formula is C20H22N2O2S. The van der Waals surface area contributed by atoms with Crippen molar-refractivity contribution in [2.45, 2.75) is 33.1 Å². The van der Waals surface area contributed by atoms with E-state index in [1.165, 1.54) is 22.5 Å². The molecule has 0 fully saturated rings. The van der Waals surface area contributed by atoms with Gasteiger partial charge in [0.15, 0.2) is 0 Å². The Morgan fingerprint density at radius 2 is 1.88 bits per heavy atom. The quantitative estimate of drug-likeness (QED) is 0.700. The highest BCUT2D eigenvalue weighted by Gasteiger charge is 2.05. The number of nitrogens with one attached hydrogen (secondary N) is 1. The third-order valence-corrected chi connectivity index (χ3v) is 5.12. The van der Waals surface area contributed by atoms with Crippen LogP contribution in [0.25, 0.3) is 0 Å². The smallest absolute Gasteiger partial charge is 0.304 e. The Morgan fingerprint density at radius 1 is 1.12 bits per heavy atom. The second-order valence-electron chi connectivity index (χ2n) is 5.99. The van der Waals surface area contributed by atoms with E-state index >= 15 is 0 Å². The molecule has 0 bridgehead atoms. The topological polar surface area (TPSA) is 55.0 Å². The lowest BCUT2D eigenvalue weighted by Crippen LogP contribution is -2.03. The number of H-pyrrole nitrogens is 1. The molecule has 5 heteroatoms. The summed E-state index contributed by atoms with van der Waals surface area (Å²) in [6, 6.07) is 12.2. The van der Waals surface area contributed by atoms with Gasteiger partial charge in [0.05, 0.1) is 6.61 Å². The zero-order valence-corrected chi connectivity index (χ0v) is 15.4. The van der Waals surface area contributed by atoms with Crippen molar-refractivity contribution in [2.24, 2.45) is 0 Å². The van der Waals surface area contributed by atoms with Crippen LogP contribution in [0.3, 0.4) is 0 Å². The Bertz CT molecular complexity index is 864. The highest BCUT2D eigenvalue weighted by molar-refractivity contribution is 7.09. The zero-order valence-electron chi connectivity index (χ0n) is 14.5. The van der Waals surface area contributed by atoms with Gasteiger partial charge < -0.3 is 9.72 Å². The van der Waals surface area contributed by atoms with Gasteiger partial charge in [-0.3, -0.25) is 9.78 Å². The molecular weight excluding hydrogens is 332 g/mol. The van der Waals surface area contributed by atoms with Crippen LogP contribution in [-0.4, -0.2) is 16.6 Å². The lowest BCUT2D eigenvalue weighted by atomic mass is 10.1. The Morgan fingerprint density at radius 3 is 2.48 bits per heavy atom. The molecule has 0 amide bonds. The number of aromatic nitrogens is 2. The number of nitrogens with zero attached hydrogens (tertiary/aromatic N) is 1. The zero-order chi connectivity index (χ0) is 17.6. The molecule has 2 aromatic heterocycles. The van der Waals surface area contributed by atoms with Gasteiger partial charge in [-0.05, 0) is 42.7 Å². The van der Waals surface area contributed by atoms with Crippen LogP contribution < -0.4 is 9.61 Å². The van der Waals surface area contributed by atoms with Gasteiger partial charge in [-0.1, -0.05) is 36.5 Å². The summed E-state index contributed by atoms with van der Waals surface area (Å²) in [4.78, 5) is 19.7. The number of rotatable bonds is 7. The van der Waals surface area contributed by atoms with Crippen molar-refractivity contribution in [3.05, 3.63) is 79.7 Å². The van der Waals surface area contributed by atoms with Crippen LogP contribution in [0.5, 0.6) is 5.75 Å². The number of ether oxygens (including phenoxy) is 1. The molecule has 0 saturated carbocycles. The number of aryl methyl sites for hydroxylation is 2. The summed E-state index contributed by atoms with van der Waals surface area (Å²) in [7, 11) is 0. The summed E-state index contributed by atoms with van der Waals surface area (Å²) in [6.45, 7) is 4.67. The van der Waals surface area contributed by atoms with Crippen LogP contribution in [0.15, 0.2) is 47.4 Å². The summed E-state index contributed by atoms with van der Waals surface area (Å²) in [6.07, 6.45) is 4.50. The molecule has 0 aliphatic rings. The minimum absolute atomic E-state index is 0.00744. The van der Waals surface area contributed by atoms with Crippen LogP contribution in [0, 0.1) is 6.92 Å². The van der Waals surface area contributed by atoms with Gasteiger partial charge in [0, 0.05) is 35.3 Å². The molecule has 0 unspecified atom stereocenters. The first-order valence-electron chi connectivity index (χ1n) is 8.48. The van der Waals surface area contributed by atoms with Crippen LogP contribution >= 0.6 is 11.3 Å². The molecule has 130 valence electrons. The van der Waals surface area contributed by atoms with Crippen LogP contribution in [0.2, 0.25) is 0 Å². The van der Waals surface area contributed by atoms with Crippen molar-refractivity contribution in [2.75, 3.05) is 6.61 Å². The summed E-state index contributed by atoms with van der Waals surface area (Å²) in [5.74, 6) is 0.855. The van der Waals surface area contributed by atoms with Gasteiger partial charge in [0.1, 0.15) is 5.75 Å². The van der Waals surface area contributed by atoms with Crippen LogP contribution in [0.1, 0.15) is 34.3 Å². The third kappa shape index (κ3) is 4.79. The maximum Gasteiger partial charge on any atom is 0.304 e. The van der Waals surface area contributed by atoms with E-state index in [1.54, 1.807) is 0 Å². The number of benzene rings is 1. The van der Waals surface area contributed by atoms with E-state index in [2.05, 4.69) is 29.0 Å². The van der Waals surface area contributed by atoms with E-state index in [4.69, 9.17) is 4.74 Å². The van der Waals surface area contributed by atoms with E-state index in [9.17, 15) is 4.79 Å². The van der Waals surface area contributed by atoms with Gasteiger partial charge in [-0.15, -0.1) is 0 Å². The predicted octanol–water partition coefficient (Wildman–Crippen LogP) is 3.91. The molecule has 0 saturated heterocycles. The van der Waals surface area contributed by atoms with E-state index in [-0.39, 0.29) is 4.87 Å². The van der Waals surface area contributed by atoms with Gasteiger partial charge in [-0.25, -0.2) is 0 Å². The molecule has 1 N–H and O–H groups in total. The molecule has 1 aromatic carbocycles. The Labute approximate surface area is 151 Å². The van der Waals surface area contributed by atoms with Crippen LogP contribution in [-0.2, 0) is 19.3 Å². The highest BCUT2D eigenvalue weighted by atomic mass is 32.1. The molecule has 0 atom stereocenters. The molecule has 0 radical (unpaired) electrons. The Hall–Kier alpha value is -2.40. The van der Waals surface area contributed by atoms with Crippen molar-refractivity contribution in [3.63, 3.8) is 0 Å². The number of thiazole rings is 1. The number of hydrogen-bond acceptors (Lipinski definition) is 4. The number of pyridine rings is 1. The van der Waals surface area contributed by atoms with Gasteiger partial charge in [-0.2, -0.15) is 0 Å². The van der Waals surface area contributed by atoms with Gasteiger partial charge in [0.2, 0.25) is 0 Å². The molecule has 0 aliphatic heterocycles. The largest absolute Gasteiger partial charge is 0.493 e. The fraction of sp³-hybridized carbons (Fsp3) is 0.300. The summed E-state index contributed by atoms with van der Waals surface area (Å²) in [5.41, 5.74) is 4.43. The lowest BCUT2D eigenvalue weighted by Gasteiger charge is -2.07. The summed E-state index contributed by atoms with van der Waals surface area (Å²) < 4.78 is 5.81. The van der Waals surface area contributed by atoms with Gasteiger partial charge in [0.25, 0.3) is 0 Å². The fourth-order valence-electron chi connectivity index (χ4n) is 2.58. The molecule has 0 aliphatic carbocycles. The monoisotopic (exact) mass is 354 g/mol. The van der Waals surface area contributed by atoms with E-state index in [1.807, 2.05) is 37.4 Å². The molecule has 3 rings (SSSR count). The van der Waals surface area contributed by atoms with Crippen LogP contribution in [0.4, 0.5) is 0 Å². The highest BCUT2D eigenvalue weighted by Crippen LogP contribution is 2.18. The first kappa shape index (κ1) is 17.4. The Balaban J connectivity index is 1.52. The van der Waals surface area contributed by atoms with Crippen molar-refractivity contribution < 1.29 is 4.74 Å². The standard InChI is InChI=1S/C20H22N2O2S/c1-3-15-4-7-17(21-13-15)10-11-24-18-8-5-16(6-9-18)12-19-14(2)22-20(23)25-19/h4-9,13H,3,10-12H2,1-2H3,(H,22,23). The lowest BCUT2D eigenvalue weighted by molar-refractivity contribution is 0.320. The Kier molecular flexibility index (Phi) is 5.66. The molecule has 25 heavy (non-hydrogen) atoms. The molecule has 3 aromatic rings. The summed E-state index contributed by atoms with van der Waals surface area (Å²) >= 11 is 1.28. The second-order valence-corrected chi connectivity index (χ2v) is 7.06. The van der Waals surface area contributed by atoms with Crippen molar-refractivity contribution in [3.8, 4) is 5.75 Å². The SMILES string of the molecule is CCc1ccc(CCOc2ccc(Cc3sc(=O)[nH]c3C)cc2)nc1. The normalized spacial score (nSPS) is 10.8. The molecule has 4 nitrogen and oxygen atoms in total. The minimum Gasteiger partial charge on any atom is -0.493 e. The molecule has 2 heterocycles. The maximum atomic E-state index is 11.4. The first-order valence-corrected chi connectivity index (χ1v) is 9.30. The molecule has 0 spiro atoms. The fourth-order valence-corrected chi connectivity index (χ4v) is 3.45. The number of aromatic amines is 1.